The minimum atomic E-state index is -1.13. The molecule has 0 aliphatic carbocycles. The van der Waals surface area contributed by atoms with Crippen LogP contribution in [0.15, 0.2) is 55.1 Å². The van der Waals surface area contributed by atoms with Gasteiger partial charge in [0, 0.05) is 25.4 Å². The molecule has 2 aromatic rings. The van der Waals surface area contributed by atoms with Gasteiger partial charge in [-0.15, -0.1) is 6.58 Å². The number of rotatable bonds is 11. The Bertz CT molecular complexity index is 1310. The van der Waals surface area contributed by atoms with Crippen LogP contribution in [0.1, 0.15) is 46.5 Å². The van der Waals surface area contributed by atoms with Crippen LogP contribution in [-0.4, -0.2) is 71.3 Å². The van der Waals surface area contributed by atoms with E-state index in [0.29, 0.717) is 31.5 Å². The van der Waals surface area contributed by atoms with Gasteiger partial charge in [0.2, 0.25) is 5.91 Å². The lowest BCUT2D eigenvalue weighted by Crippen LogP contribution is -2.57. The van der Waals surface area contributed by atoms with E-state index < -0.39 is 35.0 Å². The molecule has 40 heavy (non-hydrogen) atoms. The van der Waals surface area contributed by atoms with Gasteiger partial charge in [0.15, 0.2) is 0 Å². The summed E-state index contributed by atoms with van der Waals surface area (Å²) >= 11 is 0. The number of aliphatic hydroxyl groups is 1. The van der Waals surface area contributed by atoms with Gasteiger partial charge in [0.25, 0.3) is 5.91 Å². The predicted octanol–water partition coefficient (Wildman–Crippen LogP) is 4.10. The normalized spacial score (nSPS) is 30.5. The first-order valence-corrected chi connectivity index (χ1v) is 14.4. The lowest BCUT2D eigenvalue weighted by Gasteiger charge is -2.37. The van der Waals surface area contributed by atoms with Crippen molar-refractivity contribution in [2.24, 2.45) is 17.8 Å². The minimum Gasteiger partial charge on any atom is -0.466 e. The van der Waals surface area contributed by atoms with E-state index in [-0.39, 0.29) is 37.5 Å². The summed E-state index contributed by atoms with van der Waals surface area (Å²) in [6.07, 6.45) is 4.15. The summed E-state index contributed by atoms with van der Waals surface area (Å²) in [5.41, 5.74) is -1.32. The fraction of sp³-hybridized carbons (Fsp3) is 0.531. The van der Waals surface area contributed by atoms with Gasteiger partial charge in [-0.05, 0) is 68.4 Å². The van der Waals surface area contributed by atoms with Crippen molar-refractivity contribution < 1.29 is 29.0 Å². The molecule has 2 amide bonds. The van der Waals surface area contributed by atoms with Crippen LogP contribution >= 0.6 is 0 Å². The zero-order valence-electron chi connectivity index (χ0n) is 23.7. The highest BCUT2D eigenvalue weighted by atomic mass is 16.6. The molecule has 6 atom stereocenters. The molecular weight excluding hydrogens is 508 g/mol. The monoisotopic (exact) mass is 548 g/mol. The van der Waals surface area contributed by atoms with Crippen LogP contribution in [0.5, 0.6) is 0 Å². The number of hydrogen-bond donors (Lipinski definition) is 1. The van der Waals surface area contributed by atoms with Crippen molar-refractivity contribution in [2.45, 2.75) is 63.7 Å². The van der Waals surface area contributed by atoms with E-state index in [0.717, 1.165) is 17.2 Å². The molecule has 0 radical (unpaired) electrons. The molecule has 3 unspecified atom stereocenters. The second kappa shape index (κ2) is 11.0. The predicted molar refractivity (Wildman–Crippen MR) is 153 cm³/mol. The van der Waals surface area contributed by atoms with Crippen molar-refractivity contribution in [3.05, 3.63) is 55.1 Å². The molecule has 8 heteroatoms. The van der Waals surface area contributed by atoms with Crippen LogP contribution < -0.4 is 4.90 Å². The van der Waals surface area contributed by atoms with E-state index in [1.165, 1.54) is 0 Å². The summed E-state index contributed by atoms with van der Waals surface area (Å²) in [5.74, 6) is -2.54. The molecule has 0 aromatic heterocycles. The summed E-state index contributed by atoms with van der Waals surface area (Å²) in [5, 5.41) is 11.3. The highest BCUT2D eigenvalue weighted by Gasteiger charge is 2.80. The van der Waals surface area contributed by atoms with E-state index >= 15 is 0 Å². The van der Waals surface area contributed by atoms with Crippen LogP contribution in [0.3, 0.4) is 0 Å². The Kier molecular flexibility index (Phi) is 7.77. The first-order valence-electron chi connectivity index (χ1n) is 14.4. The largest absolute Gasteiger partial charge is 0.466 e. The van der Waals surface area contributed by atoms with E-state index in [2.05, 4.69) is 6.58 Å². The van der Waals surface area contributed by atoms with Crippen LogP contribution in [0.25, 0.3) is 10.8 Å². The first kappa shape index (κ1) is 28.3. The van der Waals surface area contributed by atoms with Gasteiger partial charge in [0.1, 0.15) is 17.6 Å². The number of aliphatic hydroxyl groups excluding tert-OH is 1. The summed E-state index contributed by atoms with van der Waals surface area (Å²) in [7, 11) is 0. The number of anilines is 1. The number of likely N-dealkylation sites (tertiary alicyclic amines) is 1. The number of unbranched alkanes of at least 4 members (excludes halogenated alkanes) is 2. The maximum atomic E-state index is 14.7. The molecule has 3 fully saturated rings. The molecule has 3 aliphatic heterocycles. The van der Waals surface area contributed by atoms with Crippen LogP contribution in [0.2, 0.25) is 0 Å². The number of nitrogens with zero attached hydrogens (tertiary/aromatic N) is 2. The average Bonchev–Trinajstić information content (AvgIpc) is 3.45. The summed E-state index contributed by atoms with van der Waals surface area (Å²) in [6.45, 7) is 10.4. The Morgan fingerprint density at radius 1 is 1.20 bits per heavy atom. The van der Waals surface area contributed by atoms with Gasteiger partial charge in [0.05, 0.1) is 18.1 Å². The second-order valence-electron chi connectivity index (χ2n) is 11.5. The van der Waals surface area contributed by atoms with Gasteiger partial charge < -0.3 is 24.4 Å². The SMILES string of the molecule is C=CCN(C(=O)C1N(CCCCCO)C(=O)[C@@H]2[C@@H](C(=O)OCC)[C@]3(C)OC12CC3C)c1ccc2ccccc2c1. The third-order valence-electron chi connectivity index (χ3n) is 9.27. The van der Waals surface area contributed by atoms with Crippen molar-refractivity contribution in [2.75, 3.05) is 31.2 Å². The number of ether oxygens (including phenoxy) is 2. The Balaban J connectivity index is 1.58. The molecule has 5 rings (SSSR count). The van der Waals surface area contributed by atoms with E-state index in [1.807, 2.05) is 56.3 Å². The third-order valence-corrected chi connectivity index (χ3v) is 9.27. The second-order valence-corrected chi connectivity index (χ2v) is 11.5. The van der Waals surface area contributed by atoms with Crippen molar-refractivity contribution in [1.29, 1.82) is 0 Å². The van der Waals surface area contributed by atoms with Gasteiger partial charge in [-0.1, -0.05) is 43.3 Å². The Hall–Kier alpha value is -3.23. The third kappa shape index (κ3) is 4.32. The molecule has 2 aromatic carbocycles. The van der Waals surface area contributed by atoms with E-state index in [9.17, 15) is 19.5 Å². The lowest BCUT2D eigenvalue weighted by molar-refractivity contribution is -0.161. The van der Waals surface area contributed by atoms with Gasteiger partial charge in [-0.3, -0.25) is 14.4 Å². The van der Waals surface area contributed by atoms with E-state index in [1.54, 1.807) is 22.8 Å². The van der Waals surface area contributed by atoms with Crippen molar-refractivity contribution in [3.63, 3.8) is 0 Å². The zero-order chi connectivity index (χ0) is 28.7. The summed E-state index contributed by atoms with van der Waals surface area (Å²) in [6, 6.07) is 12.9. The number of fused-ring (bicyclic) bond motifs is 2. The number of carbonyl (C=O) groups is 3. The van der Waals surface area contributed by atoms with Crippen LogP contribution in [-0.2, 0) is 23.9 Å². The van der Waals surface area contributed by atoms with Crippen LogP contribution in [0.4, 0.5) is 5.69 Å². The summed E-state index contributed by atoms with van der Waals surface area (Å²) in [4.78, 5) is 45.6. The van der Waals surface area contributed by atoms with E-state index in [4.69, 9.17) is 9.47 Å². The molecule has 0 saturated carbocycles. The van der Waals surface area contributed by atoms with Crippen molar-refractivity contribution in [3.8, 4) is 0 Å². The Morgan fingerprint density at radius 3 is 2.65 bits per heavy atom. The smallest absolute Gasteiger partial charge is 0.312 e. The molecule has 214 valence electrons. The molecule has 1 N–H and O–H groups in total. The zero-order valence-corrected chi connectivity index (χ0v) is 23.7. The Morgan fingerprint density at radius 2 is 1.95 bits per heavy atom. The molecule has 8 nitrogen and oxygen atoms in total. The molecule has 3 heterocycles. The minimum absolute atomic E-state index is 0.0517. The van der Waals surface area contributed by atoms with Crippen molar-refractivity contribution in [1.82, 2.24) is 4.90 Å². The number of amides is 2. The fourth-order valence-corrected chi connectivity index (χ4v) is 7.36. The molecule has 3 aliphatic rings. The maximum absolute atomic E-state index is 14.7. The highest BCUT2D eigenvalue weighted by molar-refractivity contribution is 6.05. The molecule has 2 bridgehead atoms. The maximum Gasteiger partial charge on any atom is 0.312 e. The quantitative estimate of drug-likeness (QED) is 0.258. The van der Waals surface area contributed by atoms with Crippen molar-refractivity contribution >= 4 is 34.2 Å². The Labute approximate surface area is 235 Å². The molecule has 3 saturated heterocycles. The number of esters is 1. The summed E-state index contributed by atoms with van der Waals surface area (Å²) < 4.78 is 12.2. The van der Waals surface area contributed by atoms with Gasteiger partial charge in [-0.25, -0.2) is 0 Å². The topological polar surface area (TPSA) is 96.4 Å². The van der Waals surface area contributed by atoms with Gasteiger partial charge >= 0.3 is 5.97 Å². The average molecular weight is 549 g/mol. The molecule has 1 spiro atoms. The number of carbonyl (C=O) groups excluding carboxylic acids is 3. The first-order chi connectivity index (χ1) is 19.2. The fourth-order valence-electron chi connectivity index (χ4n) is 7.36. The van der Waals surface area contributed by atoms with Crippen LogP contribution in [0, 0.1) is 17.8 Å². The van der Waals surface area contributed by atoms with Gasteiger partial charge in [-0.2, -0.15) is 0 Å². The number of hydrogen-bond acceptors (Lipinski definition) is 6. The standard InChI is InChI=1S/C32H40N2O6/c1-5-16-33(24-15-14-22-12-8-9-13-23(22)19-24)29(37)27-32-20-21(3)31(4,40-32)26(30(38)39-6-2)25(32)28(36)34(27)17-10-7-11-18-35/h5,8-9,12-15,19,21,25-27,35H,1,6-7,10-11,16-18,20H2,2-4H3/t21?,25-,26-,27?,31+,32?/m0/s1. The lowest BCUT2D eigenvalue weighted by atomic mass is 9.62. The number of benzene rings is 2. The molecular formula is C32H40N2O6. The highest BCUT2D eigenvalue weighted by Crippen LogP contribution is 2.65.